The second kappa shape index (κ2) is 4.73. The highest BCUT2D eigenvalue weighted by Crippen LogP contribution is 2.23. The first kappa shape index (κ1) is 10.6. The Hall–Kier alpha value is -0.930. The summed E-state index contributed by atoms with van der Waals surface area (Å²) in [6.07, 6.45) is 1.18. The first-order chi connectivity index (χ1) is 7.24. The summed E-state index contributed by atoms with van der Waals surface area (Å²) >= 11 is 5.87. The van der Waals surface area contributed by atoms with Gasteiger partial charge in [-0.15, -0.1) is 0 Å². The Bertz CT molecular complexity index is 317. The molecule has 3 N–H and O–H groups in total. The zero-order valence-corrected chi connectivity index (χ0v) is 9.26. The summed E-state index contributed by atoms with van der Waals surface area (Å²) in [5.41, 5.74) is 6.31. The lowest BCUT2D eigenvalue weighted by Gasteiger charge is -2.11. The van der Waals surface area contributed by atoms with Crippen LogP contribution in [0, 0.1) is 5.92 Å². The van der Waals surface area contributed by atoms with Crippen LogP contribution in [0.15, 0.2) is 18.2 Å². The van der Waals surface area contributed by atoms with Crippen molar-refractivity contribution >= 4 is 17.3 Å². The number of benzene rings is 1. The Morgan fingerprint density at radius 2 is 2.33 bits per heavy atom. The number of ether oxygens (including phenoxy) is 1. The summed E-state index contributed by atoms with van der Waals surface area (Å²) in [6, 6.07) is 5.31. The summed E-state index contributed by atoms with van der Waals surface area (Å²) in [5.74, 6) is 1.36. The molecule has 82 valence electrons. The van der Waals surface area contributed by atoms with Gasteiger partial charge in [-0.2, -0.15) is 0 Å². The first-order valence-electron chi connectivity index (χ1n) is 5.13. The molecule has 1 heterocycles. The third-order valence-corrected chi connectivity index (χ3v) is 2.76. The van der Waals surface area contributed by atoms with Crippen LogP contribution in [0.2, 0.25) is 5.02 Å². The molecular formula is C11H15ClN2O. The van der Waals surface area contributed by atoms with E-state index in [2.05, 4.69) is 5.32 Å². The van der Waals surface area contributed by atoms with E-state index >= 15 is 0 Å². The SMILES string of the molecule is Nc1cc(Cl)cc(OCC2CCNC2)c1. The lowest BCUT2D eigenvalue weighted by Crippen LogP contribution is -2.15. The number of hydrogen-bond donors (Lipinski definition) is 2. The van der Waals surface area contributed by atoms with Crippen LogP contribution in [0.1, 0.15) is 6.42 Å². The minimum Gasteiger partial charge on any atom is -0.493 e. The van der Waals surface area contributed by atoms with E-state index in [9.17, 15) is 0 Å². The standard InChI is InChI=1S/C11H15ClN2O/c12-9-3-10(13)5-11(4-9)15-7-8-1-2-14-6-8/h3-5,8,14H,1-2,6-7,13H2. The van der Waals surface area contributed by atoms with Gasteiger partial charge in [0.1, 0.15) is 5.75 Å². The molecule has 1 saturated heterocycles. The van der Waals surface area contributed by atoms with E-state index in [1.807, 2.05) is 0 Å². The van der Waals surface area contributed by atoms with Crippen molar-refractivity contribution < 1.29 is 4.74 Å². The number of halogens is 1. The van der Waals surface area contributed by atoms with Crippen molar-refractivity contribution in [2.24, 2.45) is 5.92 Å². The van der Waals surface area contributed by atoms with Gasteiger partial charge >= 0.3 is 0 Å². The molecule has 15 heavy (non-hydrogen) atoms. The van der Waals surface area contributed by atoms with Crippen LogP contribution in [0.5, 0.6) is 5.75 Å². The molecule has 0 aliphatic carbocycles. The summed E-state index contributed by atoms with van der Waals surface area (Å²) in [6.45, 7) is 2.86. The Kier molecular flexibility index (Phi) is 3.34. The fourth-order valence-corrected chi connectivity index (χ4v) is 1.97. The van der Waals surface area contributed by atoms with Crippen LogP contribution in [-0.2, 0) is 0 Å². The molecule has 4 heteroatoms. The van der Waals surface area contributed by atoms with Gasteiger partial charge in [-0.05, 0) is 25.1 Å². The largest absolute Gasteiger partial charge is 0.493 e. The minimum atomic E-state index is 0.602. The van der Waals surface area contributed by atoms with E-state index in [0.717, 1.165) is 25.4 Å². The Morgan fingerprint density at radius 1 is 1.47 bits per heavy atom. The monoisotopic (exact) mass is 226 g/mol. The van der Waals surface area contributed by atoms with Gasteiger partial charge in [0.2, 0.25) is 0 Å². The molecule has 0 saturated carbocycles. The van der Waals surface area contributed by atoms with Crippen LogP contribution >= 0.6 is 11.6 Å². The second-order valence-corrected chi connectivity index (χ2v) is 4.33. The average molecular weight is 227 g/mol. The van der Waals surface area contributed by atoms with Crippen molar-refractivity contribution in [3.63, 3.8) is 0 Å². The number of nitrogen functional groups attached to an aromatic ring is 1. The number of rotatable bonds is 3. The van der Waals surface area contributed by atoms with Crippen LogP contribution in [0.3, 0.4) is 0 Å². The third kappa shape index (κ3) is 3.01. The quantitative estimate of drug-likeness (QED) is 0.775. The highest BCUT2D eigenvalue weighted by Gasteiger charge is 2.14. The maximum absolute atomic E-state index is 5.87. The minimum absolute atomic E-state index is 0.602. The van der Waals surface area contributed by atoms with Crippen molar-refractivity contribution in [3.05, 3.63) is 23.2 Å². The Labute approximate surface area is 94.6 Å². The van der Waals surface area contributed by atoms with Gasteiger partial charge in [-0.3, -0.25) is 0 Å². The molecule has 2 rings (SSSR count). The molecule has 1 atom stereocenters. The summed E-state index contributed by atoms with van der Waals surface area (Å²) in [5, 5.41) is 3.92. The van der Waals surface area contributed by atoms with Gasteiger partial charge in [0.15, 0.2) is 0 Å². The summed E-state index contributed by atoms with van der Waals surface area (Å²) in [7, 11) is 0. The average Bonchev–Trinajstić information content (AvgIpc) is 2.65. The molecule has 1 unspecified atom stereocenters. The van der Waals surface area contributed by atoms with E-state index < -0.39 is 0 Å². The fraction of sp³-hybridized carbons (Fsp3) is 0.455. The van der Waals surface area contributed by atoms with E-state index in [-0.39, 0.29) is 0 Å². The number of anilines is 1. The molecule has 1 fully saturated rings. The third-order valence-electron chi connectivity index (χ3n) is 2.54. The van der Waals surface area contributed by atoms with Crippen molar-refractivity contribution in [3.8, 4) is 5.75 Å². The predicted molar refractivity (Wildman–Crippen MR) is 62.3 cm³/mol. The number of hydrogen-bond acceptors (Lipinski definition) is 3. The first-order valence-corrected chi connectivity index (χ1v) is 5.51. The van der Waals surface area contributed by atoms with E-state index in [4.69, 9.17) is 22.1 Å². The number of nitrogens with one attached hydrogen (secondary N) is 1. The molecule has 0 spiro atoms. The van der Waals surface area contributed by atoms with E-state index in [0.29, 0.717) is 16.6 Å². The molecule has 0 bridgehead atoms. The normalized spacial score (nSPS) is 20.5. The van der Waals surface area contributed by atoms with Crippen LogP contribution in [0.25, 0.3) is 0 Å². The lowest BCUT2D eigenvalue weighted by atomic mass is 10.1. The van der Waals surface area contributed by atoms with Crippen LogP contribution < -0.4 is 15.8 Å². The molecule has 0 radical (unpaired) electrons. The highest BCUT2D eigenvalue weighted by molar-refractivity contribution is 6.31. The molecule has 1 aliphatic rings. The topological polar surface area (TPSA) is 47.3 Å². The zero-order valence-electron chi connectivity index (χ0n) is 8.50. The molecule has 1 aliphatic heterocycles. The van der Waals surface area contributed by atoms with Crippen molar-refractivity contribution in [1.82, 2.24) is 5.32 Å². The maximum atomic E-state index is 5.87. The smallest absolute Gasteiger partial charge is 0.122 e. The lowest BCUT2D eigenvalue weighted by molar-refractivity contribution is 0.260. The summed E-state index contributed by atoms with van der Waals surface area (Å²) < 4.78 is 5.65. The molecule has 1 aromatic rings. The van der Waals surface area contributed by atoms with Crippen molar-refractivity contribution in [1.29, 1.82) is 0 Å². The van der Waals surface area contributed by atoms with Gasteiger partial charge in [0.25, 0.3) is 0 Å². The number of nitrogens with two attached hydrogens (primary N) is 1. The maximum Gasteiger partial charge on any atom is 0.122 e. The fourth-order valence-electron chi connectivity index (χ4n) is 1.74. The molecule has 0 aromatic heterocycles. The Balaban J connectivity index is 1.92. The molecular weight excluding hydrogens is 212 g/mol. The molecule has 0 amide bonds. The van der Waals surface area contributed by atoms with Gasteiger partial charge in [0.05, 0.1) is 6.61 Å². The van der Waals surface area contributed by atoms with E-state index in [1.165, 1.54) is 6.42 Å². The highest BCUT2D eigenvalue weighted by atomic mass is 35.5. The second-order valence-electron chi connectivity index (χ2n) is 3.89. The van der Waals surface area contributed by atoms with Crippen LogP contribution in [-0.4, -0.2) is 19.7 Å². The van der Waals surface area contributed by atoms with E-state index in [1.54, 1.807) is 18.2 Å². The zero-order chi connectivity index (χ0) is 10.7. The molecule has 3 nitrogen and oxygen atoms in total. The van der Waals surface area contributed by atoms with Crippen molar-refractivity contribution in [2.45, 2.75) is 6.42 Å². The predicted octanol–water partition coefficient (Wildman–Crippen LogP) is 1.91. The van der Waals surface area contributed by atoms with Gasteiger partial charge in [-0.1, -0.05) is 11.6 Å². The van der Waals surface area contributed by atoms with Gasteiger partial charge in [0, 0.05) is 29.2 Å². The van der Waals surface area contributed by atoms with Gasteiger partial charge < -0.3 is 15.8 Å². The van der Waals surface area contributed by atoms with Gasteiger partial charge in [-0.25, -0.2) is 0 Å². The van der Waals surface area contributed by atoms with Crippen LogP contribution in [0.4, 0.5) is 5.69 Å². The summed E-state index contributed by atoms with van der Waals surface area (Å²) in [4.78, 5) is 0. The van der Waals surface area contributed by atoms with Crippen molar-refractivity contribution in [2.75, 3.05) is 25.4 Å². The Morgan fingerprint density at radius 3 is 3.00 bits per heavy atom. The molecule has 1 aromatic carbocycles.